The predicted octanol–water partition coefficient (Wildman–Crippen LogP) is 0.204. The summed E-state index contributed by atoms with van der Waals surface area (Å²) in [5.41, 5.74) is 5.95. The molecule has 1 atom stereocenters. The molecular weight excluding hydrogens is 270 g/mol. The van der Waals surface area contributed by atoms with E-state index >= 15 is 0 Å². The topological polar surface area (TPSA) is 44.0 Å². The van der Waals surface area contributed by atoms with Crippen molar-refractivity contribution in [1.29, 1.82) is 0 Å². The van der Waals surface area contributed by atoms with Gasteiger partial charge in [-0.25, -0.2) is 13.2 Å². The molecule has 7 heteroatoms. The van der Waals surface area contributed by atoms with Crippen LogP contribution in [0.4, 0.5) is 13.2 Å². The van der Waals surface area contributed by atoms with Gasteiger partial charge in [-0.3, -0.25) is 0 Å². The molecular formula is C9H8ClF3KNO. The van der Waals surface area contributed by atoms with Gasteiger partial charge in [0.15, 0.2) is 0 Å². The van der Waals surface area contributed by atoms with Gasteiger partial charge in [0.25, 0.3) is 5.92 Å². The van der Waals surface area contributed by atoms with Gasteiger partial charge in [0.1, 0.15) is 11.9 Å². The molecule has 16 heavy (non-hydrogen) atoms. The fourth-order valence-electron chi connectivity index (χ4n) is 1.05. The van der Waals surface area contributed by atoms with Gasteiger partial charge in [0, 0.05) is 10.6 Å². The number of hydrogen-bond donors (Lipinski definition) is 1. The second-order valence-electron chi connectivity index (χ2n) is 3.01. The Labute approximate surface area is 138 Å². The Hall–Kier alpha value is 0.856. The molecule has 1 unspecified atom stereocenters. The van der Waals surface area contributed by atoms with Gasteiger partial charge in [-0.1, -0.05) is 18.1 Å². The molecule has 0 fully saturated rings. The molecule has 0 spiro atoms. The van der Waals surface area contributed by atoms with E-state index in [0.29, 0.717) is 0 Å². The standard InChI is InChI=1S/C9H8ClF3NO.K/c10-5-1-2-7(11)6(3-5)8(15)9(12,13)4-14;/h1-3,8,14-15H,4H2;/q-1;+1. The van der Waals surface area contributed by atoms with E-state index in [2.05, 4.69) is 0 Å². The zero-order chi connectivity index (χ0) is 11.6. The Morgan fingerprint density at radius 1 is 1.44 bits per heavy atom. The van der Waals surface area contributed by atoms with Crippen LogP contribution in [0.1, 0.15) is 11.7 Å². The van der Waals surface area contributed by atoms with Crippen LogP contribution in [-0.2, 0) is 0 Å². The van der Waals surface area contributed by atoms with Crippen LogP contribution in [-0.4, -0.2) is 17.6 Å². The Balaban J connectivity index is 0.00000225. The second kappa shape index (κ2) is 6.70. The number of hydrogen-bond acceptors (Lipinski definition) is 1. The Kier molecular flexibility index (Phi) is 7.06. The van der Waals surface area contributed by atoms with Crippen molar-refractivity contribution in [3.63, 3.8) is 0 Å². The summed E-state index contributed by atoms with van der Waals surface area (Å²) in [5, 5.41) is 9.23. The van der Waals surface area contributed by atoms with Crippen molar-refractivity contribution in [2.75, 3.05) is 6.54 Å². The summed E-state index contributed by atoms with van der Waals surface area (Å²) in [5.74, 6) is -4.66. The van der Waals surface area contributed by atoms with Crippen molar-refractivity contribution in [3.8, 4) is 0 Å². The molecule has 1 aromatic rings. The van der Waals surface area contributed by atoms with Crippen LogP contribution in [0.15, 0.2) is 18.2 Å². The largest absolute Gasteiger partial charge is 1.00 e. The molecule has 1 rings (SSSR count). The molecule has 0 heterocycles. The van der Waals surface area contributed by atoms with Crippen LogP contribution in [0.5, 0.6) is 0 Å². The van der Waals surface area contributed by atoms with E-state index in [1.54, 1.807) is 0 Å². The van der Waals surface area contributed by atoms with Crippen LogP contribution in [0.3, 0.4) is 0 Å². The summed E-state index contributed by atoms with van der Waals surface area (Å²) in [4.78, 5) is 0. The van der Waals surface area contributed by atoms with Crippen molar-refractivity contribution >= 4 is 11.6 Å². The Morgan fingerprint density at radius 3 is 2.50 bits per heavy atom. The van der Waals surface area contributed by atoms with Gasteiger partial charge >= 0.3 is 51.4 Å². The van der Waals surface area contributed by atoms with Gasteiger partial charge < -0.3 is 10.8 Å². The molecule has 0 amide bonds. The fraction of sp³-hybridized carbons (Fsp3) is 0.333. The molecule has 0 aromatic heterocycles. The first-order chi connectivity index (χ1) is 6.88. The predicted molar refractivity (Wildman–Crippen MR) is 50.5 cm³/mol. The van der Waals surface area contributed by atoms with Crippen LogP contribution >= 0.6 is 11.6 Å². The van der Waals surface area contributed by atoms with E-state index < -0.39 is 30.0 Å². The fourth-order valence-corrected chi connectivity index (χ4v) is 1.23. The SMILES string of the molecule is [K+].[NH-]CC(F)(F)C(O)c1cc(Cl)ccc1F. The molecule has 0 radical (unpaired) electrons. The van der Waals surface area contributed by atoms with E-state index in [1.165, 1.54) is 6.07 Å². The van der Waals surface area contributed by atoms with Gasteiger partial charge in [-0.15, -0.1) is 0 Å². The maximum Gasteiger partial charge on any atom is 1.00 e. The summed E-state index contributed by atoms with van der Waals surface area (Å²) in [6, 6.07) is 3.00. The zero-order valence-electron chi connectivity index (χ0n) is 8.48. The molecule has 1 aromatic carbocycles. The quantitative estimate of drug-likeness (QED) is 0.789. The van der Waals surface area contributed by atoms with Gasteiger partial charge in [0.05, 0.1) is 0 Å². The number of rotatable bonds is 3. The normalized spacial score (nSPS) is 13.1. The molecule has 2 nitrogen and oxygen atoms in total. The minimum Gasteiger partial charge on any atom is -0.672 e. The van der Waals surface area contributed by atoms with Crippen LogP contribution in [0.2, 0.25) is 5.02 Å². The molecule has 0 saturated carbocycles. The molecule has 0 aliphatic rings. The monoisotopic (exact) mass is 277 g/mol. The van der Waals surface area contributed by atoms with Gasteiger partial charge in [-0.05, 0) is 18.2 Å². The zero-order valence-corrected chi connectivity index (χ0v) is 12.4. The first kappa shape index (κ1) is 16.9. The first-order valence-electron chi connectivity index (χ1n) is 4.04. The van der Waals surface area contributed by atoms with Crippen molar-refractivity contribution in [2.45, 2.75) is 12.0 Å². The van der Waals surface area contributed by atoms with Crippen LogP contribution in [0.25, 0.3) is 5.73 Å². The van der Waals surface area contributed by atoms with E-state index in [0.717, 1.165) is 12.1 Å². The molecule has 0 saturated heterocycles. The van der Waals surface area contributed by atoms with E-state index in [9.17, 15) is 18.3 Å². The van der Waals surface area contributed by atoms with Crippen molar-refractivity contribution < 1.29 is 69.7 Å². The van der Waals surface area contributed by atoms with Crippen molar-refractivity contribution in [2.24, 2.45) is 0 Å². The van der Waals surface area contributed by atoms with Crippen LogP contribution in [0, 0.1) is 5.82 Å². The third-order valence-corrected chi connectivity index (χ3v) is 2.12. The van der Waals surface area contributed by atoms with E-state index in [4.69, 9.17) is 17.3 Å². The maximum atomic E-state index is 13.1. The summed E-state index contributed by atoms with van der Waals surface area (Å²) < 4.78 is 38.9. The molecule has 0 aliphatic carbocycles. The average Bonchev–Trinajstić information content (AvgIpc) is 2.20. The number of alkyl halides is 2. The number of aliphatic hydroxyl groups is 1. The second-order valence-corrected chi connectivity index (χ2v) is 3.44. The van der Waals surface area contributed by atoms with Crippen molar-refractivity contribution in [1.82, 2.24) is 0 Å². The van der Waals surface area contributed by atoms with E-state index in [-0.39, 0.29) is 56.4 Å². The van der Waals surface area contributed by atoms with E-state index in [1.807, 2.05) is 0 Å². The summed E-state index contributed by atoms with van der Waals surface area (Å²) in [7, 11) is 0. The summed E-state index contributed by atoms with van der Waals surface area (Å²) >= 11 is 5.48. The number of nitrogens with one attached hydrogen (secondary N) is 1. The Morgan fingerprint density at radius 2 is 2.00 bits per heavy atom. The minimum atomic E-state index is -3.69. The molecule has 84 valence electrons. The third-order valence-electron chi connectivity index (χ3n) is 1.89. The minimum absolute atomic E-state index is 0. The summed E-state index contributed by atoms with van der Waals surface area (Å²) in [6.45, 7) is -1.32. The van der Waals surface area contributed by atoms with Gasteiger partial charge in [0.2, 0.25) is 0 Å². The molecule has 0 bridgehead atoms. The number of halogens is 4. The Bertz CT molecular complexity index is 365. The molecule has 2 N–H and O–H groups in total. The first-order valence-corrected chi connectivity index (χ1v) is 4.41. The third kappa shape index (κ3) is 3.95. The summed E-state index contributed by atoms with van der Waals surface area (Å²) in [6.07, 6.45) is -2.35. The number of aliphatic hydroxyl groups excluding tert-OH is 1. The smallest absolute Gasteiger partial charge is 0.672 e. The van der Waals surface area contributed by atoms with Gasteiger partial charge in [-0.2, -0.15) is 0 Å². The number of benzene rings is 1. The molecule has 0 aliphatic heterocycles. The average molecular weight is 278 g/mol. The maximum absolute atomic E-state index is 13.1. The van der Waals surface area contributed by atoms with Crippen molar-refractivity contribution in [3.05, 3.63) is 40.3 Å². The van der Waals surface area contributed by atoms with Crippen LogP contribution < -0.4 is 51.4 Å².